The van der Waals surface area contributed by atoms with Gasteiger partial charge in [0, 0.05) is 38.3 Å². The van der Waals surface area contributed by atoms with Gasteiger partial charge >= 0.3 is 0 Å². The third kappa shape index (κ3) is 7.55. The van der Waals surface area contributed by atoms with Crippen LogP contribution in [0.4, 0.5) is 4.39 Å². The molecule has 0 unspecified atom stereocenters. The van der Waals surface area contributed by atoms with Crippen molar-refractivity contribution in [2.45, 2.75) is 0 Å². The minimum absolute atomic E-state index is 0.209. The van der Waals surface area contributed by atoms with Crippen LogP contribution in [0.25, 0.3) is 21.8 Å². The van der Waals surface area contributed by atoms with E-state index in [4.69, 9.17) is 4.74 Å². The molecule has 37 heavy (non-hydrogen) atoms. The van der Waals surface area contributed by atoms with Gasteiger partial charge in [0.15, 0.2) is 5.75 Å². The molecule has 0 aliphatic rings. The average molecular weight is 621 g/mol. The molecule has 0 atom stereocenters. The number of para-hydroxylation sites is 2. The number of aromatic nitrogens is 3. The normalized spacial score (nSPS) is 10.1. The van der Waals surface area contributed by atoms with Gasteiger partial charge in [0.25, 0.3) is 0 Å². The van der Waals surface area contributed by atoms with Crippen molar-refractivity contribution >= 4 is 53.7 Å². The lowest BCUT2D eigenvalue weighted by atomic mass is 10.2. The van der Waals surface area contributed by atoms with Gasteiger partial charge in [-0.15, -0.1) is 0 Å². The third-order valence-electron chi connectivity index (χ3n) is 4.90. The predicted molar refractivity (Wildman–Crippen MR) is 151 cm³/mol. The smallest absolute Gasteiger partial charge is 0.153 e. The van der Waals surface area contributed by atoms with Crippen molar-refractivity contribution in [2.24, 2.45) is 0 Å². The summed E-state index contributed by atoms with van der Waals surface area (Å²) in [6.07, 6.45) is 6.82. The molecule has 3 heterocycles. The molecule has 0 amide bonds. The number of hydrogen-bond acceptors (Lipinski definition) is 5. The van der Waals surface area contributed by atoms with Crippen LogP contribution in [0.2, 0.25) is 0 Å². The Hall–Kier alpha value is -3.88. The van der Waals surface area contributed by atoms with E-state index in [1.54, 1.807) is 49.1 Å². The fourth-order valence-corrected chi connectivity index (χ4v) is 4.00. The van der Waals surface area contributed by atoms with Gasteiger partial charge in [-0.1, -0.05) is 58.4 Å². The number of nitrogens with zero attached hydrogens (tertiary/aromatic N) is 3. The van der Waals surface area contributed by atoms with E-state index in [9.17, 15) is 9.50 Å². The van der Waals surface area contributed by atoms with E-state index in [0.29, 0.717) is 11.3 Å². The van der Waals surface area contributed by atoms with Crippen LogP contribution in [0.15, 0.2) is 125 Å². The quantitative estimate of drug-likeness (QED) is 0.210. The molecule has 184 valence electrons. The zero-order chi connectivity index (χ0) is 26.0. The number of hydrogen-bond donors (Lipinski definition) is 1. The third-order valence-corrected chi connectivity index (χ3v) is 5.83. The standard InChI is InChI=1S/C14H9BrN2O.C9H7NO.C6H4BrF/c15-11-7-12(9-16-8-11)18-13-5-1-3-10-4-2-6-17-14(10)13;11-8-5-1-3-7-4-2-6-10-9(7)8;7-5-2-1-3-6(8)4-5/h1-9H;1-6,11H;1-4H. The summed E-state index contributed by atoms with van der Waals surface area (Å²) in [5, 5.41) is 11.3. The van der Waals surface area contributed by atoms with Gasteiger partial charge in [-0.2, -0.15) is 0 Å². The Balaban J connectivity index is 0.000000143. The SMILES string of the molecule is Brc1cncc(Oc2cccc3cccnc23)c1.Fc1cccc(Br)c1.Oc1cccc2cccnc12. The first-order valence-corrected chi connectivity index (χ1v) is 12.6. The molecule has 6 rings (SSSR count). The molecule has 0 aliphatic carbocycles. The highest BCUT2D eigenvalue weighted by Gasteiger charge is 2.04. The molecule has 8 heteroatoms. The number of ether oxygens (including phenoxy) is 1. The maximum absolute atomic E-state index is 12.1. The summed E-state index contributed by atoms with van der Waals surface area (Å²) in [7, 11) is 0. The van der Waals surface area contributed by atoms with Crippen LogP contribution < -0.4 is 4.74 Å². The van der Waals surface area contributed by atoms with Crippen molar-refractivity contribution in [1.82, 2.24) is 15.0 Å². The number of fused-ring (bicyclic) bond motifs is 2. The topological polar surface area (TPSA) is 68.1 Å². The Morgan fingerprint density at radius 2 is 1.32 bits per heavy atom. The second kappa shape index (κ2) is 12.9. The van der Waals surface area contributed by atoms with Crippen molar-refractivity contribution in [3.63, 3.8) is 0 Å². The van der Waals surface area contributed by atoms with E-state index in [1.165, 1.54) is 12.1 Å². The summed E-state index contributed by atoms with van der Waals surface area (Å²) in [5.74, 6) is 1.44. The molecule has 5 nitrogen and oxygen atoms in total. The number of pyridine rings is 3. The zero-order valence-corrected chi connectivity index (χ0v) is 22.5. The number of halogens is 3. The van der Waals surface area contributed by atoms with Crippen molar-refractivity contribution in [1.29, 1.82) is 0 Å². The van der Waals surface area contributed by atoms with E-state index < -0.39 is 0 Å². The maximum Gasteiger partial charge on any atom is 0.153 e. The van der Waals surface area contributed by atoms with Crippen LogP contribution in [-0.2, 0) is 0 Å². The number of rotatable bonds is 2. The van der Waals surface area contributed by atoms with E-state index in [-0.39, 0.29) is 11.6 Å². The highest BCUT2D eigenvalue weighted by Crippen LogP contribution is 2.29. The Labute approximate surface area is 229 Å². The number of aromatic hydroxyl groups is 1. The van der Waals surface area contributed by atoms with Crippen LogP contribution in [0, 0.1) is 5.82 Å². The summed E-state index contributed by atoms with van der Waals surface area (Å²) < 4.78 is 19.6. The molecule has 6 aromatic rings. The van der Waals surface area contributed by atoms with E-state index in [1.807, 2.05) is 54.6 Å². The molecule has 0 bridgehead atoms. The zero-order valence-electron chi connectivity index (χ0n) is 19.3. The molecule has 3 aromatic carbocycles. The van der Waals surface area contributed by atoms with Crippen molar-refractivity contribution in [3.8, 4) is 17.2 Å². The summed E-state index contributed by atoms with van der Waals surface area (Å²) in [6.45, 7) is 0. The van der Waals surface area contributed by atoms with E-state index in [2.05, 4.69) is 46.8 Å². The highest BCUT2D eigenvalue weighted by molar-refractivity contribution is 9.10. The van der Waals surface area contributed by atoms with Gasteiger partial charge in [-0.05, 0) is 64.5 Å². The monoisotopic (exact) mass is 619 g/mol. The Kier molecular flexibility index (Phi) is 9.13. The number of benzene rings is 3. The maximum atomic E-state index is 12.1. The van der Waals surface area contributed by atoms with E-state index in [0.717, 1.165) is 31.0 Å². The Morgan fingerprint density at radius 3 is 1.97 bits per heavy atom. The minimum Gasteiger partial charge on any atom is -0.506 e. The molecular weight excluding hydrogens is 601 g/mol. The predicted octanol–water partition coefficient (Wildman–Crippen LogP) is 8.71. The molecular formula is C29H20Br2FN3O2. The Bertz CT molecular complexity index is 1600. The second-order valence-corrected chi connectivity index (χ2v) is 9.40. The minimum atomic E-state index is -0.209. The largest absolute Gasteiger partial charge is 0.506 e. The van der Waals surface area contributed by atoms with Crippen molar-refractivity contribution in [2.75, 3.05) is 0 Å². The van der Waals surface area contributed by atoms with Crippen molar-refractivity contribution < 1.29 is 14.2 Å². The van der Waals surface area contributed by atoms with Gasteiger partial charge in [0.1, 0.15) is 28.3 Å². The first kappa shape index (κ1) is 26.2. The first-order chi connectivity index (χ1) is 18.0. The van der Waals surface area contributed by atoms with Gasteiger partial charge in [-0.3, -0.25) is 15.0 Å². The summed E-state index contributed by atoms with van der Waals surface area (Å²) >= 11 is 6.49. The molecule has 0 radical (unpaired) electrons. The summed E-state index contributed by atoms with van der Waals surface area (Å²) in [5.41, 5.74) is 1.51. The van der Waals surface area contributed by atoms with Crippen LogP contribution in [0.5, 0.6) is 17.2 Å². The van der Waals surface area contributed by atoms with E-state index >= 15 is 0 Å². The Morgan fingerprint density at radius 1 is 0.676 bits per heavy atom. The fourth-order valence-electron chi connectivity index (χ4n) is 3.28. The molecule has 0 saturated carbocycles. The average Bonchev–Trinajstić information content (AvgIpc) is 2.90. The summed E-state index contributed by atoms with van der Waals surface area (Å²) in [6, 6.07) is 27.0. The molecule has 1 N–H and O–H groups in total. The van der Waals surface area contributed by atoms with Gasteiger partial charge in [0.05, 0.1) is 6.20 Å². The lowest BCUT2D eigenvalue weighted by Crippen LogP contribution is -1.88. The fraction of sp³-hybridized carbons (Fsp3) is 0. The lowest BCUT2D eigenvalue weighted by molar-refractivity contribution is 0.480. The van der Waals surface area contributed by atoms with Crippen LogP contribution in [0.1, 0.15) is 0 Å². The van der Waals surface area contributed by atoms with Crippen LogP contribution in [0.3, 0.4) is 0 Å². The number of phenolic OH excluding ortho intramolecular Hbond substituents is 1. The highest BCUT2D eigenvalue weighted by atomic mass is 79.9. The van der Waals surface area contributed by atoms with Crippen molar-refractivity contribution in [3.05, 3.63) is 131 Å². The van der Waals surface area contributed by atoms with Gasteiger partial charge in [-0.25, -0.2) is 4.39 Å². The van der Waals surface area contributed by atoms with Crippen LogP contribution >= 0.6 is 31.9 Å². The second-order valence-electron chi connectivity index (χ2n) is 7.56. The molecule has 0 fully saturated rings. The molecule has 0 spiro atoms. The van der Waals surface area contributed by atoms with Gasteiger partial charge in [0.2, 0.25) is 0 Å². The first-order valence-electron chi connectivity index (χ1n) is 11.1. The number of phenols is 1. The van der Waals surface area contributed by atoms with Gasteiger partial charge < -0.3 is 9.84 Å². The summed E-state index contributed by atoms with van der Waals surface area (Å²) in [4.78, 5) is 12.4. The van der Waals surface area contributed by atoms with Crippen LogP contribution in [-0.4, -0.2) is 20.1 Å². The molecule has 0 saturated heterocycles. The molecule has 0 aliphatic heterocycles. The lowest BCUT2D eigenvalue weighted by Gasteiger charge is -2.07. The molecule has 3 aromatic heterocycles.